The van der Waals surface area contributed by atoms with Crippen LogP contribution in [-0.4, -0.2) is 71.6 Å². The topological polar surface area (TPSA) is 103 Å². The molecule has 1 unspecified atom stereocenters. The molecule has 0 saturated heterocycles. The summed E-state index contributed by atoms with van der Waals surface area (Å²) in [5.41, 5.74) is 0.877. The van der Waals surface area contributed by atoms with Gasteiger partial charge in [-0.2, -0.15) is 13.2 Å². The third kappa shape index (κ3) is 8.84. The van der Waals surface area contributed by atoms with Crippen molar-refractivity contribution in [3.8, 4) is 11.4 Å². The van der Waals surface area contributed by atoms with Crippen LogP contribution in [0.25, 0.3) is 5.69 Å². The van der Waals surface area contributed by atoms with E-state index in [9.17, 15) is 18.3 Å². The third-order valence-corrected chi connectivity index (χ3v) is 3.06. The maximum absolute atomic E-state index is 10.6. The van der Waals surface area contributed by atoms with E-state index in [0.29, 0.717) is 19.0 Å². The number of rotatable bonds is 9. The summed E-state index contributed by atoms with van der Waals surface area (Å²) in [6.07, 6.45) is -0.522. The van der Waals surface area contributed by atoms with Crippen molar-refractivity contribution in [2.24, 2.45) is 0 Å². The summed E-state index contributed by atoms with van der Waals surface area (Å²) in [6, 6.07) is 7.59. The van der Waals surface area contributed by atoms with E-state index in [0.717, 1.165) is 5.69 Å². The van der Waals surface area contributed by atoms with Gasteiger partial charge in [0, 0.05) is 19.5 Å². The first kappa shape index (κ1) is 23.4. The smallest absolute Gasteiger partial charge is 0.489 e. The van der Waals surface area contributed by atoms with E-state index in [1.54, 1.807) is 19.6 Å². The van der Waals surface area contributed by atoms with Crippen LogP contribution in [0.2, 0.25) is 0 Å². The van der Waals surface area contributed by atoms with Gasteiger partial charge < -0.3 is 29.0 Å². The molecule has 2 rings (SSSR count). The van der Waals surface area contributed by atoms with Crippen molar-refractivity contribution in [2.45, 2.75) is 12.3 Å². The number of aliphatic hydroxyl groups is 1. The van der Waals surface area contributed by atoms with Crippen LogP contribution in [-0.2, 0) is 14.3 Å². The monoisotopic (exact) mass is 406 g/mol. The van der Waals surface area contributed by atoms with Crippen LogP contribution in [0.15, 0.2) is 43.0 Å². The normalized spacial score (nSPS) is 12.0. The molecule has 0 aliphatic rings. The summed E-state index contributed by atoms with van der Waals surface area (Å²) in [5, 5.41) is 16.9. The summed E-state index contributed by atoms with van der Waals surface area (Å²) < 4.78 is 49.4. The Kier molecular flexibility index (Phi) is 9.99. The van der Waals surface area contributed by atoms with E-state index in [1.165, 1.54) is 0 Å². The first-order valence-electron chi connectivity index (χ1n) is 8.00. The molecule has 1 heterocycles. The molecule has 0 bridgehead atoms. The number of nitrogens with zero attached hydrogens (tertiary/aromatic N) is 2. The quantitative estimate of drug-likeness (QED) is 0.613. The highest BCUT2D eigenvalue weighted by molar-refractivity contribution is 5.73. The highest BCUT2D eigenvalue weighted by atomic mass is 19.4. The van der Waals surface area contributed by atoms with Gasteiger partial charge >= 0.3 is 12.1 Å². The fraction of sp³-hybridized carbons (Fsp3) is 0.412. The Balaban J connectivity index is 0.000000480. The Bertz CT molecular complexity index is 694. The van der Waals surface area contributed by atoms with E-state index in [1.807, 2.05) is 35.0 Å². The second-order valence-electron chi connectivity index (χ2n) is 5.27. The molecule has 0 saturated carbocycles. The number of aromatic nitrogens is 2. The van der Waals surface area contributed by atoms with E-state index in [4.69, 9.17) is 24.1 Å². The predicted molar refractivity (Wildman–Crippen MR) is 91.5 cm³/mol. The summed E-state index contributed by atoms with van der Waals surface area (Å²) in [6.45, 7) is 1.35. The van der Waals surface area contributed by atoms with Crippen molar-refractivity contribution >= 4 is 5.97 Å². The largest absolute Gasteiger partial charge is 0.490 e. The number of benzene rings is 1. The second kappa shape index (κ2) is 12.0. The second-order valence-corrected chi connectivity index (χ2v) is 5.27. The van der Waals surface area contributed by atoms with Crippen LogP contribution < -0.4 is 4.74 Å². The summed E-state index contributed by atoms with van der Waals surface area (Å²) in [5.74, 6) is -2.07. The number of methoxy groups -OCH3 is 1. The van der Waals surface area contributed by atoms with Gasteiger partial charge in [0.25, 0.3) is 0 Å². The SMILES string of the molecule is COCCOCC(O)COc1ccccc1-n1ccnc1.O=C(O)C(F)(F)F. The van der Waals surface area contributed by atoms with E-state index >= 15 is 0 Å². The Morgan fingerprint density at radius 1 is 1.25 bits per heavy atom. The molecule has 28 heavy (non-hydrogen) atoms. The lowest BCUT2D eigenvalue weighted by Gasteiger charge is -2.15. The zero-order chi connectivity index (χ0) is 21.0. The van der Waals surface area contributed by atoms with Crippen molar-refractivity contribution < 1.29 is 42.4 Å². The number of alkyl halides is 3. The molecule has 1 aromatic carbocycles. The first-order chi connectivity index (χ1) is 13.3. The molecule has 8 nitrogen and oxygen atoms in total. The van der Waals surface area contributed by atoms with Crippen molar-refractivity contribution in [1.82, 2.24) is 9.55 Å². The van der Waals surface area contributed by atoms with Gasteiger partial charge in [0.15, 0.2) is 0 Å². The number of ether oxygens (including phenoxy) is 3. The van der Waals surface area contributed by atoms with Crippen LogP contribution in [0.3, 0.4) is 0 Å². The van der Waals surface area contributed by atoms with E-state index in [-0.39, 0.29) is 13.2 Å². The van der Waals surface area contributed by atoms with Crippen molar-refractivity contribution in [3.63, 3.8) is 0 Å². The number of halogens is 3. The maximum atomic E-state index is 10.6. The van der Waals surface area contributed by atoms with Crippen molar-refractivity contribution in [3.05, 3.63) is 43.0 Å². The number of carbonyl (C=O) groups is 1. The maximum Gasteiger partial charge on any atom is 0.490 e. The van der Waals surface area contributed by atoms with Crippen molar-refractivity contribution in [1.29, 1.82) is 0 Å². The molecular formula is C17H21F3N2O6. The fourth-order valence-corrected chi connectivity index (χ4v) is 1.79. The van der Waals surface area contributed by atoms with Gasteiger partial charge in [0.2, 0.25) is 0 Å². The molecule has 1 aromatic heterocycles. The Hall–Kier alpha value is -2.63. The lowest BCUT2D eigenvalue weighted by atomic mass is 10.3. The number of carboxylic acids is 1. The van der Waals surface area contributed by atoms with Crippen LogP contribution in [0.1, 0.15) is 0 Å². The molecule has 156 valence electrons. The average Bonchev–Trinajstić information content (AvgIpc) is 3.18. The zero-order valence-corrected chi connectivity index (χ0v) is 15.0. The standard InChI is InChI=1S/C15H20N2O4.C2HF3O2/c1-19-8-9-20-10-13(18)11-21-15-5-3-2-4-14(15)17-7-6-16-12-17;3-2(4,5)1(6)7/h2-7,12-13,18H,8-11H2,1H3;(H,6,7). The molecule has 0 fully saturated rings. The number of imidazole rings is 1. The molecule has 1 atom stereocenters. The summed E-state index contributed by atoms with van der Waals surface area (Å²) in [7, 11) is 1.61. The van der Waals surface area contributed by atoms with Crippen LogP contribution in [0.4, 0.5) is 13.2 Å². The van der Waals surface area contributed by atoms with Crippen LogP contribution >= 0.6 is 0 Å². The molecule has 0 amide bonds. The molecule has 11 heteroatoms. The minimum Gasteiger partial charge on any atom is -0.489 e. The lowest BCUT2D eigenvalue weighted by molar-refractivity contribution is -0.192. The zero-order valence-electron chi connectivity index (χ0n) is 15.0. The van der Waals surface area contributed by atoms with E-state index in [2.05, 4.69) is 4.98 Å². The Morgan fingerprint density at radius 2 is 1.93 bits per heavy atom. The third-order valence-electron chi connectivity index (χ3n) is 3.06. The highest BCUT2D eigenvalue weighted by Crippen LogP contribution is 2.22. The van der Waals surface area contributed by atoms with Gasteiger partial charge in [0.05, 0.1) is 31.8 Å². The molecular weight excluding hydrogens is 385 g/mol. The Labute approximate surface area is 159 Å². The van der Waals surface area contributed by atoms with Gasteiger partial charge in [-0.25, -0.2) is 9.78 Å². The lowest BCUT2D eigenvalue weighted by Crippen LogP contribution is -2.24. The molecule has 0 aliphatic carbocycles. The summed E-state index contributed by atoms with van der Waals surface area (Å²) >= 11 is 0. The molecule has 0 spiro atoms. The number of aliphatic carboxylic acids is 1. The van der Waals surface area contributed by atoms with Gasteiger partial charge in [0.1, 0.15) is 18.5 Å². The van der Waals surface area contributed by atoms with Gasteiger partial charge in [-0.15, -0.1) is 0 Å². The number of carboxylic acid groups (broad SMARTS) is 1. The minimum absolute atomic E-state index is 0.165. The molecule has 0 aliphatic heterocycles. The predicted octanol–water partition coefficient (Wildman–Crippen LogP) is 1.91. The van der Waals surface area contributed by atoms with Crippen molar-refractivity contribution in [2.75, 3.05) is 33.5 Å². The van der Waals surface area contributed by atoms with Gasteiger partial charge in [-0.1, -0.05) is 12.1 Å². The first-order valence-corrected chi connectivity index (χ1v) is 8.00. The molecule has 0 radical (unpaired) electrons. The van der Waals surface area contributed by atoms with Gasteiger partial charge in [-0.3, -0.25) is 0 Å². The number of hydrogen-bond acceptors (Lipinski definition) is 6. The number of aliphatic hydroxyl groups excluding tert-OH is 1. The minimum atomic E-state index is -5.08. The highest BCUT2D eigenvalue weighted by Gasteiger charge is 2.38. The van der Waals surface area contributed by atoms with Gasteiger partial charge in [-0.05, 0) is 12.1 Å². The summed E-state index contributed by atoms with van der Waals surface area (Å²) in [4.78, 5) is 12.9. The Morgan fingerprint density at radius 3 is 2.50 bits per heavy atom. The van der Waals surface area contributed by atoms with Crippen LogP contribution in [0, 0.1) is 0 Å². The number of hydrogen-bond donors (Lipinski definition) is 2. The number of para-hydroxylation sites is 2. The van der Waals surface area contributed by atoms with Crippen LogP contribution in [0.5, 0.6) is 5.75 Å². The molecule has 2 aromatic rings. The van der Waals surface area contributed by atoms with E-state index < -0.39 is 18.2 Å². The average molecular weight is 406 g/mol. The molecule has 2 N–H and O–H groups in total. The fourth-order valence-electron chi connectivity index (χ4n) is 1.79.